The van der Waals surface area contributed by atoms with Crippen LogP contribution in [0.15, 0.2) is 54.6 Å². The van der Waals surface area contributed by atoms with Crippen LogP contribution < -0.4 is 20.7 Å². The van der Waals surface area contributed by atoms with Gasteiger partial charge in [-0.3, -0.25) is 9.59 Å². The number of benzene rings is 3. The van der Waals surface area contributed by atoms with Gasteiger partial charge in [0.25, 0.3) is 0 Å². The number of anilines is 2. The molecule has 0 aromatic heterocycles. The fourth-order valence-corrected chi connectivity index (χ4v) is 7.19. The Bertz CT molecular complexity index is 1910. The number of ether oxygens (including phenoxy) is 4. The fourth-order valence-electron chi connectivity index (χ4n) is 6.83. The van der Waals surface area contributed by atoms with Gasteiger partial charge in [-0.15, -0.1) is 0 Å². The molecule has 1 fully saturated rings. The Morgan fingerprint density at radius 3 is 2.14 bits per heavy atom. The first-order valence-corrected chi connectivity index (χ1v) is 21.8. The molecule has 2 amide bonds. The Kier molecular flexibility index (Phi) is 24.8. The van der Waals surface area contributed by atoms with Crippen LogP contribution in [0.1, 0.15) is 116 Å². The van der Waals surface area contributed by atoms with Gasteiger partial charge in [-0.25, -0.2) is 14.0 Å². The summed E-state index contributed by atoms with van der Waals surface area (Å²) in [6.07, 6.45) is 0.559. The van der Waals surface area contributed by atoms with Crippen molar-refractivity contribution in [3.63, 3.8) is 0 Å². The summed E-state index contributed by atoms with van der Waals surface area (Å²) >= 11 is 12.2. The normalized spacial score (nSPS) is 17.5. The second-order valence-corrected chi connectivity index (χ2v) is 17.4. The molecule has 5 rings (SSSR count). The number of carbonyl (C=O) groups excluding carboxylic acids is 3. The Morgan fingerprint density at radius 2 is 1.63 bits per heavy atom. The Hall–Kier alpha value is -4.47. The Morgan fingerprint density at radius 1 is 0.984 bits per heavy atom. The zero-order chi connectivity index (χ0) is 48.1. The number of hydrogen-bond donors (Lipinski definition) is 5. The SMILES string of the molecule is CC.CC(C)(C)CC1NCC(c2cccc(Cl)c2F)[C@]12C(=O)Nc1cc(Cl)ccc12.CC(C)CCO.COCCC(C)C.COc1cc(C(=O)OC(C)OC(=O)O)ccc1NC=O. The first kappa shape index (κ1) is 56.5. The second kappa shape index (κ2) is 27.7. The Labute approximate surface area is 382 Å². The first-order valence-electron chi connectivity index (χ1n) is 21.0. The average molecular weight is 925 g/mol. The number of hydrogen-bond acceptors (Lipinski definition) is 10. The fraction of sp³-hybridized carbons (Fsp3) is 0.532. The van der Waals surface area contributed by atoms with Crippen molar-refractivity contribution in [2.24, 2.45) is 17.3 Å². The molecular weight excluding hydrogens is 856 g/mol. The summed E-state index contributed by atoms with van der Waals surface area (Å²) in [5.41, 5.74) is 1.61. The topological polar surface area (TPSA) is 182 Å². The number of amides is 2. The van der Waals surface area contributed by atoms with Gasteiger partial charge in [-0.2, -0.15) is 0 Å². The van der Waals surface area contributed by atoms with Crippen LogP contribution in [0.5, 0.6) is 5.75 Å². The van der Waals surface area contributed by atoms with E-state index in [-0.39, 0.29) is 39.6 Å². The summed E-state index contributed by atoms with van der Waals surface area (Å²) in [4.78, 5) is 45.9. The van der Waals surface area contributed by atoms with Gasteiger partial charge in [0.05, 0.1) is 28.8 Å². The van der Waals surface area contributed by atoms with Gasteiger partial charge in [0.2, 0.25) is 18.6 Å². The van der Waals surface area contributed by atoms with E-state index < -0.39 is 29.6 Å². The van der Waals surface area contributed by atoms with E-state index in [1.54, 1.807) is 31.4 Å². The van der Waals surface area contributed by atoms with Crippen molar-refractivity contribution in [2.75, 3.05) is 44.6 Å². The van der Waals surface area contributed by atoms with Crippen molar-refractivity contribution in [1.82, 2.24) is 5.32 Å². The molecule has 2 heterocycles. The van der Waals surface area contributed by atoms with E-state index in [2.05, 4.69) is 69.2 Å². The number of esters is 1. The maximum absolute atomic E-state index is 15.0. The number of methoxy groups -OCH3 is 2. The zero-order valence-electron chi connectivity index (χ0n) is 38.7. The predicted octanol–water partition coefficient (Wildman–Crippen LogP) is 10.7. The second-order valence-electron chi connectivity index (χ2n) is 16.5. The average Bonchev–Trinajstić information content (AvgIpc) is 3.71. The van der Waals surface area contributed by atoms with Crippen LogP contribution in [0, 0.1) is 23.1 Å². The third kappa shape index (κ3) is 17.2. The number of nitrogens with one attached hydrogen (secondary N) is 3. The van der Waals surface area contributed by atoms with Crippen LogP contribution in [0.25, 0.3) is 0 Å². The Balaban J connectivity index is 0.000000492. The largest absolute Gasteiger partial charge is 0.508 e. The van der Waals surface area contributed by atoms with Gasteiger partial charge < -0.3 is 45.1 Å². The molecule has 16 heteroatoms. The maximum atomic E-state index is 15.0. The third-order valence-electron chi connectivity index (χ3n) is 9.69. The standard InChI is InChI=1S/C22H23Cl2FN2O.C12H13NO7.C6H14O.C5H12O.C2H6/c1-21(2,3)10-18-22(14-8-7-12(23)9-17(14)27-20(22)28)15(11-26-18)13-5-4-6-16(24)19(13)25;1-7(20-12(16)17)19-11(15)8-3-4-9(13-6-14)10(5-8)18-2;1-6(2)4-5-7-3;1-5(2)3-4-6;1-2/h4-9,15,18,26H,10-11H2,1-3H3,(H,27,28);3-7H,1-2H3,(H,13,14)(H,16,17);6H,4-5H2,1-3H3;5-6H,3-4H2,1-2H3;1-2H3/t15?,18?,22-;;;;/m0..../s1. The van der Waals surface area contributed by atoms with Crippen molar-refractivity contribution in [1.29, 1.82) is 0 Å². The van der Waals surface area contributed by atoms with E-state index in [1.165, 1.54) is 44.7 Å². The minimum atomic E-state index is -1.55. The molecule has 3 unspecified atom stereocenters. The van der Waals surface area contributed by atoms with Crippen LogP contribution in [0.4, 0.5) is 20.6 Å². The van der Waals surface area contributed by atoms with E-state index in [4.69, 9.17) is 47.6 Å². The summed E-state index contributed by atoms with van der Waals surface area (Å²) < 4.78 is 33.9. The summed E-state index contributed by atoms with van der Waals surface area (Å²) in [7, 11) is 3.11. The highest BCUT2D eigenvalue weighted by atomic mass is 35.5. The van der Waals surface area contributed by atoms with Crippen molar-refractivity contribution in [3.05, 3.63) is 87.2 Å². The molecule has 2 aliphatic heterocycles. The smallest absolute Gasteiger partial charge is 0.495 e. The van der Waals surface area contributed by atoms with Gasteiger partial charge in [-0.1, -0.05) is 104 Å². The zero-order valence-corrected chi connectivity index (χ0v) is 40.2. The molecule has 13 nitrogen and oxygen atoms in total. The van der Waals surface area contributed by atoms with Crippen LogP contribution in [-0.4, -0.2) is 81.0 Å². The van der Waals surface area contributed by atoms with Crippen molar-refractivity contribution < 1.29 is 52.7 Å². The number of halogens is 3. The van der Waals surface area contributed by atoms with Gasteiger partial charge in [-0.05, 0) is 84.0 Å². The quantitative estimate of drug-likeness (QED) is 0.0625. The number of fused-ring (bicyclic) bond motifs is 2. The molecular formula is C47H68Cl2FN3O10. The summed E-state index contributed by atoms with van der Waals surface area (Å²) in [6, 6.07) is 14.5. The molecule has 63 heavy (non-hydrogen) atoms. The summed E-state index contributed by atoms with van der Waals surface area (Å²) in [5, 5.41) is 26.2. The molecule has 0 radical (unpaired) electrons. The molecule has 3 aromatic carbocycles. The molecule has 0 aliphatic carbocycles. The molecule has 4 atom stereocenters. The lowest BCUT2D eigenvalue weighted by molar-refractivity contribution is -0.122. The van der Waals surface area contributed by atoms with Crippen molar-refractivity contribution in [2.45, 2.75) is 112 Å². The van der Waals surface area contributed by atoms with E-state index in [1.807, 2.05) is 19.9 Å². The lowest BCUT2D eigenvalue weighted by Crippen LogP contribution is -2.49. The van der Waals surface area contributed by atoms with E-state index in [0.29, 0.717) is 47.4 Å². The number of carboxylic acid groups (broad SMARTS) is 1. The lowest BCUT2D eigenvalue weighted by atomic mass is 9.64. The summed E-state index contributed by atoms with van der Waals surface area (Å²) in [5.74, 6) is -0.0423. The van der Waals surface area contributed by atoms with Crippen LogP contribution in [-0.2, 0) is 29.2 Å². The molecule has 1 saturated heterocycles. The number of rotatable bonds is 13. The minimum Gasteiger partial charge on any atom is -0.495 e. The van der Waals surface area contributed by atoms with Gasteiger partial charge in [0.15, 0.2) is 0 Å². The highest BCUT2D eigenvalue weighted by molar-refractivity contribution is 6.31. The van der Waals surface area contributed by atoms with Crippen LogP contribution in [0.3, 0.4) is 0 Å². The highest BCUT2D eigenvalue weighted by Crippen LogP contribution is 2.55. The highest BCUT2D eigenvalue weighted by Gasteiger charge is 2.61. The van der Waals surface area contributed by atoms with Crippen molar-refractivity contribution >= 4 is 59.0 Å². The monoisotopic (exact) mass is 923 g/mol. The van der Waals surface area contributed by atoms with E-state index in [9.17, 15) is 19.2 Å². The molecule has 352 valence electrons. The minimum absolute atomic E-state index is 0.0120. The molecule has 2 aliphatic rings. The maximum Gasteiger partial charge on any atom is 0.508 e. The van der Waals surface area contributed by atoms with Crippen molar-refractivity contribution in [3.8, 4) is 5.75 Å². The first-order chi connectivity index (χ1) is 29.7. The predicted molar refractivity (Wildman–Crippen MR) is 248 cm³/mol. The molecule has 5 N–H and O–H groups in total. The molecule has 3 aromatic rings. The molecule has 1 spiro atoms. The van der Waals surface area contributed by atoms with Crippen LogP contribution in [0.2, 0.25) is 10.0 Å². The van der Waals surface area contributed by atoms with Crippen LogP contribution >= 0.6 is 23.2 Å². The van der Waals surface area contributed by atoms with E-state index in [0.717, 1.165) is 30.9 Å². The molecule has 0 saturated carbocycles. The lowest BCUT2D eigenvalue weighted by Gasteiger charge is -2.37. The third-order valence-corrected chi connectivity index (χ3v) is 10.2. The summed E-state index contributed by atoms with van der Waals surface area (Å²) in [6.45, 7) is 22.0. The number of carbonyl (C=O) groups is 4. The van der Waals surface area contributed by atoms with E-state index >= 15 is 4.39 Å². The van der Waals surface area contributed by atoms with Gasteiger partial charge >= 0.3 is 12.1 Å². The molecule has 0 bridgehead atoms. The van der Waals surface area contributed by atoms with Gasteiger partial charge in [0, 0.05) is 56.5 Å². The van der Waals surface area contributed by atoms with Gasteiger partial charge in [0.1, 0.15) is 11.6 Å². The number of aliphatic hydroxyl groups excluding tert-OH is 1. The number of aliphatic hydroxyl groups is 1.